The third kappa shape index (κ3) is 5.17. The Labute approximate surface area is 180 Å². The van der Waals surface area contributed by atoms with Crippen LogP contribution < -0.4 is 10.6 Å². The number of amides is 2. The van der Waals surface area contributed by atoms with Crippen molar-refractivity contribution in [3.8, 4) is 0 Å². The number of aromatic nitrogens is 2. The number of H-pyrrole nitrogens is 1. The van der Waals surface area contributed by atoms with E-state index in [9.17, 15) is 9.59 Å². The number of nitrogens with zero attached hydrogens (tertiary/aromatic N) is 1. The van der Waals surface area contributed by atoms with Crippen LogP contribution in [-0.2, 0) is 22.4 Å². The highest BCUT2D eigenvalue weighted by Gasteiger charge is 2.21. The normalized spacial score (nSPS) is 11.8. The number of carbonyl (C=O) groups is 2. The van der Waals surface area contributed by atoms with Crippen molar-refractivity contribution in [3.63, 3.8) is 0 Å². The summed E-state index contributed by atoms with van der Waals surface area (Å²) in [4.78, 5) is 32.1. The van der Waals surface area contributed by atoms with Crippen LogP contribution in [0.3, 0.4) is 0 Å². The fourth-order valence-corrected chi connectivity index (χ4v) is 3.70. The molecule has 4 rings (SSSR count). The van der Waals surface area contributed by atoms with Gasteiger partial charge in [0.15, 0.2) is 0 Å². The van der Waals surface area contributed by atoms with Crippen LogP contribution in [0, 0.1) is 0 Å². The van der Waals surface area contributed by atoms with Gasteiger partial charge in [-0.15, -0.1) is 0 Å². The monoisotopic (exact) mass is 412 g/mol. The molecule has 31 heavy (non-hydrogen) atoms. The smallest absolute Gasteiger partial charge is 0.247 e. The van der Waals surface area contributed by atoms with E-state index in [0.29, 0.717) is 12.1 Å². The maximum atomic E-state index is 13.0. The summed E-state index contributed by atoms with van der Waals surface area (Å²) in [6.45, 7) is 1.42. The lowest BCUT2D eigenvalue weighted by molar-refractivity contribution is -0.125. The fraction of sp³-hybridized carbons (Fsp3) is 0.160. The summed E-state index contributed by atoms with van der Waals surface area (Å²) in [5, 5.41) is 6.79. The van der Waals surface area contributed by atoms with Crippen molar-refractivity contribution < 1.29 is 9.59 Å². The lowest BCUT2D eigenvalue weighted by Gasteiger charge is -2.18. The zero-order valence-corrected chi connectivity index (χ0v) is 17.3. The van der Waals surface area contributed by atoms with E-state index in [1.165, 1.54) is 6.92 Å². The van der Waals surface area contributed by atoms with Crippen molar-refractivity contribution in [1.82, 2.24) is 15.3 Å². The van der Waals surface area contributed by atoms with Gasteiger partial charge >= 0.3 is 0 Å². The Morgan fingerprint density at radius 1 is 1.00 bits per heavy atom. The molecule has 2 amide bonds. The standard InChI is InChI=1S/C25H24N4O2/c1-17(30)28-24(15-20-16-27-23-8-3-2-7-22(20)23)25(31)29-21-6-4-5-19(14-21)13-18-9-11-26-12-10-18/h2-12,14,16,24,27H,13,15H2,1H3,(H,28,30)(H,29,31). The molecule has 4 aromatic rings. The molecule has 0 aliphatic heterocycles. The molecule has 1 atom stereocenters. The summed E-state index contributed by atoms with van der Waals surface area (Å²) in [6, 6.07) is 18.9. The second kappa shape index (κ2) is 9.26. The summed E-state index contributed by atoms with van der Waals surface area (Å²) in [5.41, 5.74) is 4.91. The number of benzene rings is 2. The molecular formula is C25H24N4O2. The minimum Gasteiger partial charge on any atom is -0.361 e. The zero-order chi connectivity index (χ0) is 21.6. The Balaban J connectivity index is 1.50. The molecule has 0 aliphatic rings. The van der Waals surface area contributed by atoms with Gasteiger partial charge in [0.1, 0.15) is 6.04 Å². The van der Waals surface area contributed by atoms with Crippen LogP contribution in [0.5, 0.6) is 0 Å². The number of anilines is 1. The molecule has 0 fully saturated rings. The molecule has 1 unspecified atom stereocenters. The van der Waals surface area contributed by atoms with Gasteiger partial charge in [0.25, 0.3) is 0 Å². The molecule has 6 nitrogen and oxygen atoms in total. The number of carbonyl (C=O) groups excluding carboxylic acids is 2. The number of para-hydroxylation sites is 1. The minimum absolute atomic E-state index is 0.244. The first-order valence-corrected chi connectivity index (χ1v) is 10.2. The summed E-state index contributed by atoms with van der Waals surface area (Å²) in [6.07, 6.45) is 6.57. The Morgan fingerprint density at radius 3 is 2.61 bits per heavy atom. The van der Waals surface area contributed by atoms with Crippen molar-refractivity contribution in [2.45, 2.75) is 25.8 Å². The molecule has 0 bridgehead atoms. The number of rotatable bonds is 7. The average Bonchev–Trinajstić information content (AvgIpc) is 3.17. The van der Waals surface area contributed by atoms with Gasteiger partial charge < -0.3 is 15.6 Å². The van der Waals surface area contributed by atoms with Crippen molar-refractivity contribution in [3.05, 3.63) is 95.9 Å². The highest BCUT2D eigenvalue weighted by Crippen LogP contribution is 2.20. The van der Waals surface area contributed by atoms with Crippen LogP contribution in [-0.4, -0.2) is 27.8 Å². The molecule has 0 radical (unpaired) electrons. The van der Waals surface area contributed by atoms with E-state index in [1.807, 2.05) is 66.9 Å². The first-order chi connectivity index (χ1) is 15.1. The topological polar surface area (TPSA) is 86.9 Å². The molecule has 2 aromatic heterocycles. The Hall–Kier alpha value is -3.93. The fourth-order valence-electron chi connectivity index (χ4n) is 3.70. The maximum absolute atomic E-state index is 13.0. The predicted molar refractivity (Wildman–Crippen MR) is 122 cm³/mol. The lowest BCUT2D eigenvalue weighted by Crippen LogP contribution is -2.44. The molecule has 3 N–H and O–H groups in total. The van der Waals surface area contributed by atoms with Crippen LogP contribution in [0.2, 0.25) is 0 Å². The third-order valence-electron chi connectivity index (χ3n) is 5.15. The van der Waals surface area contributed by atoms with E-state index in [4.69, 9.17) is 0 Å². The number of hydrogen-bond donors (Lipinski definition) is 3. The average molecular weight is 412 g/mol. The molecular weight excluding hydrogens is 388 g/mol. The van der Waals surface area contributed by atoms with E-state index in [-0.39, 0.29) is 11.8 Å². The number of fused-ring (bicyclic) bond motifs is 1. The lowest BCUT2D eigenvalue weighted by atomic mass is 10.0. The van der Waals surface area contributed by atoms with Crippen LogP contribution in [0.1, 0.15) is 23.6 Å². The van der Waals surface area contributed by atoms with Gasteiger partial charge in [-0.3, -0.25) is 14.6 Å². The van der Waals surface area contributed by atoms with Crippen LogP contribution >= 0.6 is 0 Å². The van der Waals surface area contributed by atoms with Gasteiger partial charge in [-0.1, -0.05) is 30.3 Å². The first-order valence-electron chi connectivity index (χ1n) is 10.2. The molecule has 6 heteroatoms. The number of aromatic amines is 1. The Morgan fingerprint density at radius 2 is 1.81 bits per heavy atom. The minimum atomic E-state index is -0.680. The molecule has 2 aromatic carbocycles. The van der Waals surface area contributed by atoms with Crippen LogP contribution in [0.25, 0.3) is 10.9 Å². The van der Waals surface area contributed by atoms with Crippen molar-refractivity contribution in [2.24, 2.45) is 0 Å². The van der Waals surface area contributed by atoms with E-state index in [2.05, 4.69) is 20.6 Å². The predicted octanol–water partition coefficient (Wildman–Crippen LogP) is 3.84. The van der Waals surface area contributed by atoms with Gasteiger partial charge in [-0.25, -0.2) is 0 Å². The quantitative estimate of drug-likeness (QED) is 0.431. The molecule has 0 saturated heterocycles. The molecule has 0 spiro atoms. The van der Waals surface area contributed by atoms with E-state index in [1.54, 1.807) is 12.4 Å². The third-order valence-corrected chi connectivity index (χ3v) is 5.15. The molecule has 0 aliphatic carbocycles. The van der Waals surface area contributed by atoms with E-state index >= 15 is 0 Å². The summed E-state index contributed by atoms with van der Waals surface area (Å²) < 4.78 is 0. The Bertz CT molecular complexity index is 1200. The SMILES string of the molecule is CC(=O)NC(Cc1c[nH]c2ccccc12)C(=O)Nc1cccc(Cc2ccncc2)c1. The number of hydrogen-bond acceptors (Lipinski definition) is 3. The van der Waals surface area contributed by atoms with Crippen molar-refractivity contribution in [2.75, 3.05) is 5.32 Å². The van der Waals surface area contributed by atoms with Gasteiger partial charge in [-0.05, 0) is 53.4 Å². The van der Waals surface area contributed by atoms with E-state index < -0.39 is 6.04 Å². The van der Waals surface area contributed by atoms with Crippen molar-refractivity contribution >= 4 is 28.4 Å². The summed E-state index contributed by atoms with van der Waals surface area (Å²) in [7, 11) is 0. The van der Waals surface area contributed by atoms with E-state index in [0.717, 1.165) is 34.0 Å². The number of nitrogens with one attached hydrogen (secondary N) is 3. The van der Waals surface area contributed by atoms with Crippen LogP contribution in [0.4, 0.5) is 5.69 Å². The van der Waals surface area contributed by atoms with Gasteiger partial charge in [0.2, 0.25) is 11.8 Å². The summed E-state index contributed by atoms with van der Waals surface area (Å²) >= 11 is 0. The number of pyridine rings is 1. The second-order valence-corrected chi connectivity index (χ2v) is 7.54. The highest BCUT2D eigenvalue weighted by atomic mass is 16.2. The van der Waals surface area contributed by atoms with Gasteiger partial charge in [0.05, 0.1) is 0 Å². The highest BCUT2D eigenvalue weighted by molar-refractivity contribution is 5.97. The maximum Gasteiger partial charge on any atom is 0.247 e. The van der Waals surface area contributed by atoms with Gasteiger partial charge in [0, 0.05) is 48.5 Å². The second-order valence-electron chi connectivity index (χ2n) is 7.54. The Kier molecular flexibility index (Phi) is 6.08. The van der Waals surface area contributed by atoms with Crippen LogP contribution in [0.15, 0.2) is 79.3 Å². The zero-order valence-electron chi connectivity index (χ0n) is 17.3. The van der Waals surface area contributed by atoms with Gasteiger partial charge in [-0.2, -0.15) is 0 Å². The van der Waals surface area contributed by atoms with Crippen molar-refractivity contribution in [1.29, 1.82) is 0 Å². The largest absolute Gasteiger partial charge is 0.361 e. The molecule has 156 valence electrons. The summed E-state index contributed by atoms with van der Waals surface area (Å²) in [5.74, 6) is -0.493. The molecule has 2 heterocycles. The first kappa shape index (κ1) is 20.3. The molecule has 0 saturated carbocycles.